The smallest absolute Gasteiger partial charge is 0.338 e. The highest BCUT2D eigenvalue weighted by atomic mass is 32.1. The number of hydrogen-bond donors (Lipinski definition) is 4. The standard InChI is InChI=1S/C14H20N2O4S/c1-7-8(2)21-12(11(7)13(18)19)16-14(20)15-9-5-3-4-6-10(9)17/h9-10,17H,3-6H2,1-2H3,(H,18,19)(H2,15,16,20). The van der Waals surface area contributed by atoms with E-state index in [0.717, 1.165) is 24.1 Å². The second-order valence-corrected chi connectivity index (χ2v) is 6.57. The minimum Gasteiger partial charge on any atom is -0.478 e. The van der Waals surface area contributed by atoms with Crippen LogP contribution in [0.25, 0.3) is 0 Å². The lowest BCUT2D eigenvalue weighted by Gasteiger charge is -2.28. The van der Waals surface area contributed by atoms with Crippen molar-refractivity contribution in [2.75, 3.05) is 5.32 Å². The van der Waals surface area contributed by atoms with Crippen LogP contribution < -0.4 is 10.6 Å². The van der Waals surface area contributed by atoms with Gasteiger partial charge in [0.1, 0.15) is 5.00 Å². The number of urea groups is 1. The van der Waals surface area contributed by atoms with Gasteiger partial charge in [0, 0.05) is 4.88 Å². The fourth-order valence-electron chi connectivity index (χ4n) is 2.56. The van der Waals surface area contributed by atoms with Gasteiger partial charge in [-0.25, -0.2) is 9.59 Å². The third kappa shape index (κ3) is 3.54. The van der Waals surface area contributed by atoms with E-state index < -0.39 is 18.1 Å². The van der Waals surface area contributed by atoms with E-state index in [-0.39, 0.29) is 11.6 Å². The van der Waals surface area contributed by atoms with Gasteiger partial charge in [0.25, 0.3) is 0 Å². The lowest BCUT2D eigenvalue weighted by atomic mass is 9.93. The highest BCUT2D eigenvalue weighted by Gasteiger charge is 2.26. The first-order chi connectivity index (χ1) is 9.90. The molecule has 0 radical (unpaired) electrons. The Balaban J connectivity index is 2.06. The van der Waals surface area contributed by atoms with Crippen molar-refractivity contribution in [1.29, 1.82) is 0 Å². The number of aryl methyl sites for hydroxylation is 1. The molecule has 0 saturated heterocycles. The number of carbonyl (C=O) groups is 2. The maximum atomic E-state index is 12.0. The Labute approximate surface area is 127 Å². The Morgan fingerprint density at radius 2 is 1.90 bits per heavy atom. The van der Waals surface area contributed by atoms with Gasteiger partial charge in [-0.1, -0.05) is 12.8 Å². The van der Waals surface area contributed by atoms with Gasteiger partial charge in [0.15, 0.2) is 0 Å². The summed E-state index contributed by atoms with van der Waals surface area (Å²) in [6, 6.07) is -0.737. The minimum absolute atomic E-state index is 0.136. The summed E-state index contributed by atoms with van der Waals surface area (Å²) in [6.45, 7) is 3.55. The third-order valence-electron chi connectivity index (χ3n) is 3.87. The zero-order valence-electron chi connectivity index (χ0n) is 12.1. The number of nitrogens with one attached hydrogen (secondary N) is 2. The average molecular weight is 312 g/mol. The van der Waals surface area contributed by atoms with Crippen LogP contribution in [0.3, 0.4) is 0 Å². The van der Waals surface area contributed by atoms with Crippen molar-refractivity contribution >= 4 is 28.3 Å². The number of carbonyl (C=O) groups excluding carboxylic acids is 1. The molecule has 7 heteroatoms. The van der Waals surface area contributed by atoms with Gasteiger partial charge in [0.2, 0.25) is 0 Å². The molecule has 21 heavy (non-hydrogen) atoms. The molecule has 6 nitrogen and oxygen atoms in total. The number of thiophene rings is 1. The molecule has 1 aromatic rings. The number of amides is 2. The molecule has 1 saturated carbocycles. The van der Waals surface area contributed by atoms with Crippen LogP contribution in [-0.4, -0.2) is 34.4 Å². The summed E-state index contributed by atoms with van der Waals surface area (Å²) in [7, 11) is 0. The summed E-state index contributed by atoms with van der Waals surface area (Å²) in [5.74, 6) is -1.05. The number of rotatable bonds is 3. The summed E-state index contributed by atoms with van der Waals surface area (Å²) in [5.41, 5.74) is 0.803. The van der Waals surface area contributed by atoms with E-state index in [2.05, 4.69) is 10.6 Å². The van der Waals surface area contributed by atoms with Gasteiger partial charge >= 0.3 is 12.0 Å². The molecule has 0 aliphatic heterocycles. The van der Waals surface area contributed by atoms with Crippen molar-refractivity contribution < 1.29 is 19.8 Å². The molecular weight excluding hydrogens is 292 g/mol. The highest BCUT2D eigenvalue weighted by molar-refractivity contribution is 7.16. The van der Waals surface area contributed by atoms with Gasteiger partial charge in [-0.15, -0.1) is 11.3 Å². The number of hydrogen-bond acceptors (Lipinski definition) is 4. The molecule has 2 unspecified atom stereocenters. The normalized spacial score (nSPS) is 21.9. The van der Waals surface area contributed by atoms with Crippen molar-refractivity contribution in [2.24, 2.45) is 0 Å². The van der Waals surface area contributed by atoms with E-state index in [1.54, 1.807) is 6.92 Å². The fourth-order valence-corrected chi connectivity index (χ4v) is 3.61. The summed E-state index contributed by atoms with van der Waals surface area (Å²) >= 11 is 1.25. The molecule has 2 rings (SSSR count). The first-order valence-corrected chi connectivity index (χ1v) is 7.80. The van der Waals surface area contributed by atoms with Crippen LogP contribution in [0.4, 0.5) is 9.80 Å². The van der Waals surface area contributed by atoms with Crippen molar-refractivity contribution in [2.45, 2.75) is 51.7 Å². The number of carboxylic acids is 1. The topological polar surface area (TPSA) is 98.7 Å². The number of anilines is 1. The predicted octanol–water partition coefficient (Wildman–Crippen LogP) is 2.49. The zero-order chi connectivity index (χ0) is 15.6. The lowest BCUT2D eigenvalue weighted by Crippen LogP contribution is -2.46. The fraction of sp³-hybridized carbons (Fsp3) is 0.571. The van der Waals surface area contributed by atoms with Crippen LogP contribution in [0, 0.1) is 13.8 Å². The van der Waals surface area contributed by atoms with Crippen LogP contribution in [0.15, 0.2) is 0 Å². The van der Waals surface area contributed by atoms with Gasteiger partial charge in [0.05, 0.1) is 17.7 Å². The Kier molecular flexibility index (Phi) is 4.84. The molecule has 1 aromatic heterocycles. The number of carboxylic acid groups (broad SMARTS) is 1. The Hall–Kier alpha value is -1.60. The first-order valence-electron chi connectivity index (χ1n) is 6.99. The number of aliphatic hydroxyl groups excluding tert-OH is 1. The molecular formula is C14H20N2O4S. The Bertz CT molecular complexity index is 555. The van der Waals surface area contributed by atoms with Gasteiger partial charge < -0.3 is 15.5 Å². The summed E-state index contributed by atoms with van der Waals surface area (Å²) in [5, 5.41) is 24.7. The average Bonchev–Trinajstić information content (AvgIpc) is 2.67. The molecule has 1 fully saturated rings. The van der Waals surface area contributed by atoms with Crippen molar-refractivity contribution in [3.05, 3.63) is 16.0 Å². The minimum atomic E-state index is -1.05. The molecule has 116 valence electrons. The highest BCUT2D eigenvalue weighted by Crippen LogP contribution is 2.32. The Morgan fingerprint density at radius 1 is 1.24 bits per heavy atom. The van der Waals surface area contributed by atoms with E-state index in [1.165, 1.54) is 11.3 Å². The van der Waals surface area contributed by atoms with Crippen molar-refractivity contribution in [3.63, 3.8) is 0 Å². The Morgan fingerprint density at radius 3 is 2.52 bits per heavy atom. The molecule has 1 aliphatic rings. The van der Waals surface area contributed by atoms with Crippen LogP contribution in [0.2, 0.25) is 0 Å². The van der Waals surface area contributed by atoms with E-state index >= 15 is 0 Å². The van der Waals surface area contributed by atoms with Crippen molar-refractivity contribution in [1.82, 2.24) is 5.32 Å². The number of aliphatic hydroxyl groups is 1. The summed E-state index contributed by atoms with van der Waals surface area (Å²) < 4.78 is 0. The second kappa shape index (κ2) is 6.44. The molecule has 0 aromatic carbocycles. The van der Waals surface area contributed by atoms with E-state index in [0.29, 0.717) is 17.0 Å². The van der Waals surface area contributed by atoms with Gasteiger partial charge in [-0.2, -0.15) is 0 Å². The molecule has 2 atom stereocenters. The van der Waals surface area contributed by atoms with E-state index in [9.17, 15) is 19.8 Å². The molecule has 0 bridgehead atoms. The quantitative estimate of drug-likeness (QED) is 0.689. The van der Waals surface area contributed by atoms with Gasteiger partial charge in [-0.3, -0.25) is 5.32 Å². The van der Waals surface area contributed by atoms with Gasteiger partial charge in [-0.05, 0) is 32.3 Å². The molecule has 2 amide bonds. The van der Waals surface area contributed by atoms with Crippen LogP contribution in [-0.2, 0) is 0 Å². The van der Waals surface area contributed by atoms with Crippen LogP contribution in [0.5, 0.6) is 0 Å². The lowest BCUT2D eigenvalue weighted by molar-refractivity contribution is 0.0697. The molecule has 0 spiro atoms. The summed E-state index contributed by atoms with van der Waals surface area (Å²) in [6.07, 6.45) is 2.83. The van der Waals surface area contributed by atoms with Crippen LogP contribution >= 0.6 is 11.3 Å². The predicted molar refractivity (Wildman–Crippen MR) is 81.2 cm³/mol. The van der Waals surface area contributed by atoms with E-state index in [4.69, 9.17) is 0 Å². The third-order valence-corrected chi connectivity index (χ3v) is 4.99. The molecule has 1 heterocycles. The zero-order valence-corrected chi connectivity index (χ0v) is 12.9. The van der Waals surface area contributed by atoms with Crippen LogP contribution in [0.1, 0.15) is 46.5 Å². The first kappa shape index (κ1) is 15.8. The SMILES string of the molecule is Cc1sc(NC(=O)NC2CCCCC2O)c(C(=O)O)c1C. The van der Waals surface area contributed by atoms with E-state index in [1.807, 2.05) is 6.92 Å². The number of aromatic carboxylic acids is 1. The summed E-state index contributed by atoms with van der Waals surface area (Å²) in [4.78, 5) is 24.1. The maximum absolute atomic E-state index is 12.0. The molecule has 4 N–H and O–H groups in total. The largest absolute Gasteiger partial charge is 0.478 e. The maximum Gasteiger partial charge on any atom is 0.338 e. The molecule has 1 aliphatic carbocycles. The second-order valence-electron chi connectivity index (χ2n) is 5.35. The van der Waals surface area contributed by atoms with Crippen molar-refractivity contribution in [3.8, 4) is 0 Å². The monoisotopic (exact) mass is 312 g/mol.